The van der Waals surface area contributed by atoms with E-state index in [9.17, 15) is 9.59 Å². The SMILES string of the molecule is NCC1CCCC(N(CC(=O)O)C(=O)c2ccccc2)C1. The molecule has 0 saturated heterocycles. The molecule has 5 heteroatoms. The summed E-state index contributed by atoms with van der Waals surface area (Å²) in [6, 6.07) is 8.83. The topological polar surface area (TPSA) is 83.6 Å². The second-order valence-electron chi connectivity index (χ2n) is 5.61. The zero-order valence-electron chi connectivity index (χ0n) is 12.1. The van der Waals surface area contributed by atoms with Crippen molar-refractivity contribution in [2.24, 2.45) is 11.7 Å². The van der Waals surface area contributed by atoms with E-state index in [1.165, 1.54) is 4.90 Å². The van der Waals surface area contributed by atoms with E-state index >= 15 is 0 Å². The molecule has 1 aliphatic carbocycles. The Morgan fingerprint density at radius 2 is 1.95 bits per heavy atom. The summed E-state index contributed by atoms with van der Waals surface area (Å²) in [6.07, 6.45) is 3.70. The fourth-order valence-corrected chi connectivity index (χ4v) is 3.02. The summed E-state index contributed by atoms with van der Waals surface area (Å²) in [6.45, 7) is 0.340. The number of amides is 1. The Hall–Kier alpha value is -1.88. The number of carbonyl (C=O) groups is 2. The molecule has 21 heavy (non-hydrogen) atoms. The minimum atomic E-state index is -0.978. The molecule has 1 fully saturated rings. The van der Waals surface area contributed by atoms with Gasteiger partial charge in [0, 0.05) is 11.6 Å². The van der Waals surface area contributed by atoms with Crippen LogP contribution in [0.1, 0.15) is 36.0 Å². The molecule has 1 aromatic carbocycles. The first-order valence-corrected chi connectivity index (χ1v) is 7.39. The van der Waals surface area contributed by atoms with Crippen molar-refractivity contribution in [2.45, 2.75) is 31.7 Å². The van der Waals surface area contributed by atoms with Crippen molar-refractivity contribution >= 4 is 11.9 Å². The number of carboxylic acid groups (broad SMARTS) is 1. The van der Waals surface area contributed by atoms with E-state index in [4.69, 9.17) is 10.8 Å². The van der Waals surface area contributed by atoms with Crippen molar-refractivity contribution in [3.05, 3.63) is 35.9 Å². The van der Waals surface area contributed by atoms with Crippen molar-refractivity contribution in [1.29, 1.82) is 0 Å². The highest BCUT2D eigenvalue weighted by molar-refractivity contribution is 5.96. The highest BCUT2D eigenvalue weighted by Crippen LogP contribution is 2.28. The lowest BCUT2D eigenvalue weighted by Gasteiger charge is -2.36. The standard InChI is InChI=1S/C16H22N2O3/c17-10-12-5-4-8-14(9-12)18(11-15(19)20)16(21)13-6-2-1-3-7-13/h1-3,6-7,12,14H,4-5,8-11,17H2,(H,19,20). The van der Waals surface area contributed by atoms with Gasteiger partial charge in [-0.05, 0) is 43.9 Å². The molecule has 114 valence electrons. The van der Waals surface area contributed by atoms with E-state index in [2.05, 4.69) is 0 Å². The van der Waals surface area contributed by atoms with Crippen molar-refractivity contribution in [1.82, 2.24) is 4.90 Å². The first kappa shape index (κ1) is 15.5. The third-order valence-electron chi connectivity index (χ3n) is 4.12. The molecule has 3 N–H and O–H groups in total. The van der Waals surface area contributed by atoms with Crippen LogP contribution in [0.3, 0.4) is 0 Å². The summed E-state index contributed by atoms with van der Waals surface area (Å²) in [5.74, 6) is -0.807. The van der Waals surface area contributed by atoms with Crippen LogP contribution in [0.2, 0.25) is 0 Å². The molecule has 2 rings (SSSR count). The van der Waals surface area contributed by atoms with E-state index in [-0.39, 0.29) is 18.5 Å². The third-order valence-corrected chi connectivity index (χ3v) is 4.12. The number of hydrogen-bond donors (Lipinski definition) is 2. The van der Waals surface area contributed by atoms with Crippen molar-refractivity contribution in [3.8, 4) is 0 Å². The van der Waals surface area contributed by atoms with Gasteiger partial charge in [-0.25, -0.2) is 0 Å². The number of nitrogens with two attached hydrogens (primary N) is 1. The van der Waals surface area contributed by atoms with Gasteiger partial charge < -0.3 is 15.7 Å². The summed E-state index contributed by atoms with van der Waals surface area (Å²) in [7, 11) is 0. The second-order valence-corrected chi connectivity index (χ2v) is 5.61. The van der Waals surface area contributed by atoms with E-state index in [0.717, 1.165) is 25.7 Å². The predicted molar refractivity (Wildman–Crippen MR) is 79.9 cm³/mol. The van der Waals surface area contributed by atoms with Crippen LogP contribution < -0.4 is 5.73 Å². The normalized spacial score (nSPS) is 21.8. The van der Waals surface area contributed by atoms with Gasteiger partial charge in [0.15, 0.2) is 0 Å². The van der Waals surface area contributed by atoms with Gasteiger partial charge in [0.25, 0.3) is 5.91 Å². The third kappa shape index (κ3) is 4.04. The maximum absolute atomic E-state index is 12.6. The molecule has 1 aliphatic rings. The first-order chi connectivity index (χ1) is 10.1. The van der Waals surface area contributed by atoms with Crippen molar-refractivity contribution in [3.63, 3.8) is 0 Å². The smallest absolute Gasteiger partial charge is 0.323 e. The Kier molecular flexibility index (Phi) is 5.33. The lowest BCUT2D eigenvalue weighted by atomic mass is 9.84. The number of rotatable bonds is 5. The van der Waals surface area contributed by atoms with Gasteiger partial charge in [0.2, 0.25) is 0 Å². The van der Waals surface area contributed by atoms with Crippen LogP contribution in [0.4, 0.5) is 0 Å². The summed E-state index contributed by atoms with van der Waals surface area (Å²) in [5, 5.41) is 9.11. The van der Waals surface area contributed by atoms with Gasteiger partial charge in [0.1, 0.15) is 6.54 Å². The number of hydrogen-bond acceptors (Lipinski definition) is 3. The quantitative estimate of drug-likeness (QED) is 0.865. The highest BCUT2D eigenvalue weighted by atomic mass is 16.4. The van der Waals surface area contributed by atoms with Gasteiger partial charge in [-0.3, -0.25) is 9.59 Å². The Morgan fingerprint density at radius 1 is 1.24 bits per heavy atom. The van der Waals surface area contributed by atoms with E-state index < -0.39 is 5.97 Å². The average molecular weight is 290 g/mol. The van der Waals surface area contributed by atoms with Gasteiger partial charge in [-0.15, -0.1) is 0 Å². The van der Waals surface area contributed by atoms with Gasteiger partial charge >= 0.3 is 5.97 Å². The molecule has 1 saturated carbocycles. The number of aliphatic carboxylic acids is 1. The lowest BCUT2D eigenvalue weighted by Crippen LogP contribution is -2.46. The van der Waals surface area contributed by atoms with Crippen LogP contribution >= 0.6 is 0 Å². The van der Waals surface area contributed by atoms with Crippen LogP contribution in [0.5, 0.6) is 0 Å². The van der Waals surface area contributed by atoms with Crippen molar-refractivity contribution < 1.29 is 14.7 Å². The minimum Gasteiger partial charge on any atom is -0.480 e. The summed E-state index contributed by atoms with van der Waals surface area (Å²) < 4.78 is 0. The van der Waals surface area contributed by atoms with Gasteiger partial charge in [-0.2, -0.15) is 0 Å². The monoisotopic (exact) mass is 290 g/mol. The second kappa shape index (κ2) is 7.22. The Balaban J connectivity index is 2.17. The lowest BCUT2D eigenvalue weighted by molar-refractivity contribution is -0.138. The maximum atomic E-state index is 12.6. The maximum Gasteiger partial charge on any atom is 0.323 e. The summed E-state index contributed by atoms with van der Waals surface area (Å²) in [4.78, 5) is 25.2. The van der Waals surface area contributed by atoms with Crippen LogP contribution in [-0.4, -0.2) is 41.0 Å². The molecule has 0 aliphatic heterocycles. The van der Waals surface area contributed by atoms with Crippen molar-refractivity contribution in [2.75, 3.05) is 13.1 Å². The molecule has 1 aromatic rings. The van der Waals surface area contributed by atoms with E-state index in [1.54, 1.807) is 24.3 Å². The molecule has 0 aromatic heterocycles. The van der Waals surface area contributed by atoms with Crippen LogP contribution in [0.15, 0.2) is 30.3 Å². The molecular weight excluding hydrogens is 268 g/mol. The molecule has 1 amide bonds. The van der Waals surface area contributed by atoms with Gasteiger partial charge in [-0.1, -0.05) is 24.6 Å². The zero-order valence-corrected chi connectivity index (χ0v) is 12.1. The Bertz CT molecular complexity index is 490. The van der Waals surface area contributed by atoms with Crippen LogP contribution in [0, 0.1) is 5.92 Å². The number of carbonyl (C=O) groups excluding carboxylic acids is 1. The predicted octanol–water partition coefficient (Wildman–Crippen LogP) is 1.73. The molecule has 0 radical (unpaired) electrons. The molecule has 0 spiro atoms. The Labute approximate surface area is 124 Å². The summed E-state index contributed by atoms with van der Waals surface area (Å²) in [5.41, 5.74) is 6.27. The fraction of sp³-hybridized carbons (Fsp3) is 0.500. The van der Waals surface area contributed by atoms with Crippen LogP contribution in [-0.2, 0) is 4.79 Å². The van der Waals surface area contributed by atoms with E-state index in [0.29, 0.717) is 18.0 Å². The molecular formula is C16H22N2O3. The number of benzene rings is 1. The minimum absolute atomic E-state index is 0.0314. The average Bonchev–Trinajstić information content (AvgIpc) is 2.52. The molecule has 2 unspecified atom stereocenters. The summed E-state index contributed by atoms with van der Waals surface area (Å²) >= 11 is 0. The molecule has 2 atom stereocenters. The molecule has 0 heterocycles. The number of carboxylic acids is 1. The number of nitrogens with zero attached hydrogens (tertiary/aromatic N) is 1. The van der Waals surface area contributed by atoms with E-state index in [1.807, 2.05) is 6.07 Å². The fourth-order valence-electron chi connectivity index (χ4n) is 3.02. The van der Waals surface area contributed by atoms with Crippen LogP contribution in [0.25, 0.3) is 0 Å². The first-order valence-electron chi connectivity index (χ1n) is 7.39. The zero-order chi connectivity index (χ0) is 15.2. The Morgan fingerprint density at radius 3 is 2.57 bits per heavy atom. The largest absolute Gasteiger partial charge is 0.480 e. The van der Waals surface area contributed by atoms with Gasteiger partial charge in [0.05, 0.1) is 0 Å². The molecule has 5 nitrogen and oxygen atoms in total. The highest BCUT2D eigenvalue weighted by Gasteiger charge is 2.30. The molecule has 0 bridgehead atoms.